The van der Waals surface area contributed by atoms with E-state index in [0.29, 0.717) is 13.0 Å². The lowest BCUT2D eigenvalue weighted by atomic mass is 10.1. The van der Waals surface area contributed by atoms with E-state index in [2.05, 4.69) is 0 Å². The molecule has 1 N–H and O–H groups in total. The second-order valence-electron chi connectivity index (χ2n) is 5.28. The number of hydrogen-bond donors (Lipinski definition) is 1. The van der Waals surface area contributed by atoms with Crippen LogP contribution in [0, 0.1) is 0 Å². The fourth-order valence-electron chi connectivity index (χ4n) is 2.52. The van der Waals surface area contributed by atoms with Crippen molar-refractivity contribution in [1.82, 2.24) is 4.90 Å². The molecule has 1 amide bonds. The molecule has 1 aliphatic heterocycles. The molecular weight excluding hydrogens is 266 g/mol. The van der Waals surface area contributed by atoms with Crippen LogP contribution in [0.15, 0.2) is 48.5 Å². The molecule has 4 heteroatoms. The van der Waals surface area contributed by atoms with Gasteiger partial charge in [0.15, 0.2) is 6.10 Å². The highest BCUT2D eigenvalue weighted by Crippen LogP contribution is 2.29. The third kappa shape index (κ3) is 2.84. The molecule has 2 aromatic rings. The fourth-order valence-corrected chi connectivity index (χ4v) is 2.52. The molecule has 1 heterocycles. The van der Waals surface area contributed by atoms with Crippen molar-refractivity contribution < 1.29 is 14.6 Å². The maximum absolute atomic E-state index is 12.4. The summed E-state index contributed by atoms with van der Waals surface area (Å²) in [5.41, 5.74) is 2.05. The SMILES string of the molecule is CN(Cc1ccc(O)cc1)C(=O)C1Cc2ccccc2O1. The number of rotatable bonds is 3. The minimum absolute atomic E-state index is 0.0284. The van der Waals surface area contributed by atoms with Crippen LogP contribution < -0.4 is 4.74 Å². The number of hydrogen-bond acceptors (Lipinski definition) is 3. The summed E-state index contributed by atoms with van der Waals surface area (Å²) < 4.78 is 5.72. The molecule has 1 atom stereocenters. The van der Waals surface area contributed by atoms with Crippen molar-refractivity contribution in [3.05, 3.63) is 59.7 Å². The number of nitrogens with zero attached hydrogens (tertiary/aromatic N) is 1. The van der Waals surface area contributed by atoms with Crippen LogP contribution in [0.3, 0.4) is 0 Å². The second-order valence-corrected chi connectivity index (χ2v) is 5.28. The maximum Gasteiger partial charge on any atom is 0.264 e. The van der Waals surface area contributed by atoms with Crippen molar-refractivity contribution in [3.63, 3.8) is 0 Å². The molecule has 0 spiro atoms. The predicted octanol–water partition coefficient (Wildman–Crippen LogP) is 2.35. The van der Waals surface area contributed by atoms with Gasteiger partial charge in [-0.05, 0) is 29.3 Å². The number of amides is 1. The molecule has 2 aromatic carbocycles. The first-order valence-electron chi connectivity index (χ1n) is 6.91. The first-order chi connectivity index (χ1) is 10.1. The summed E-state index contributed by atoms with van der Waals surface area (Å²) >= 11 is 0. The van der Waals surface area contributed by atoms with E-state index in [4.69, 9.17) is 4.74 Å². The highest BCUT2D eigenvalue weighted by Gasteiger charge is 2.30. The Morgan fingerprint density at radius 2 is 1.95 bits per heavy atom. The molecular formula is C17H17NO3. The van der Waals surface area contributed by atoms with E-state index < -0.39 is 6.10 Å². The van der Waals surface area contributed by atoms with Crippen LogP contribution in [0.1, 0.15) is 11.1 Å². The highest BCUT2D eigenvalue weighted by atomic mass is 16.5. The normalized spacial score (nSPS) is 16.1. The molecule has 108 valence electrons. The molecule has 3 rings (SSSR count). The Labute approximate surface area is 123 Å². The Hall–Kier alpha value is -2.49. The van der Waals surface area contributed by atoms with Crippen molar-refractivity contribution in [1.29, 1.82) is 0 Å². The van der Waals surface area contributed by atoms with Gasteiger partial charge in [-0.3, -0.25) is 4.79 Å². The molecule has 21 heavy (non-hydrogen) atoms. The van der Waals surface area contributed by atoms with Gasteiger partial charge in [-0.15, -0.1) is 0 Å². The van der Waals surface area contributed by atoms with Gasteiger partial charge in [-0.1, -0.05) is 30.3 Å². The van der Waals surface area contributed by atoms with E-state index in [1.165, 1.54) is 0 Å². The van der Waals surface area contributed by atoms with Crippen molar-refractivity contribution in [2.45, 2.75) is 19.1 Å². The van der Waals surface area contributed by atoms with E-state index in [1.54, 1.807) is 24.1 Å². The number of phenolic OH excluding ortho intramolecular Hbond substituents is 1. The molecule has 0 aliphatic carbocycles. The Morgan fingerprint density at radius 1 is 1.24 bits per heavy atom. The van der Waals surface area contributed by atoms with Gasteiger partial charge >= 0.3 is 0 Å². The molecule has 1 unspecified atom stereocenters. The molecule has 0 bridgehead atoms. The van der Waals surface area contributed by atoms with Crippen LogP contribution in [-0.2, 0) is 17.8 Å². The van der Waals surface area contributed by atoms with Crippen LogP contribution >= 0.6 is 0 Å². The van der Waals surface area contributed by atoms with Gasteiger partial charge in [0.25, 0.3) is 5.91 Å². The van der Waals surface area contributed by atoms with Gasteiger partial charge < -0.3 is 14.7 Å². The third-order valence-electron chi connectivity index (χ3n) is 3.65. The van der Waals surface area contributed by atoms with E-state index >= 15 is 0 Å². The first-order valence-corrected chi connectivity index (χ1v) is 6.91. The summed E-state index contributed by atoms with van der Waals surface area (Å²) in [4.78, 5) is 14.1. The standard InChI is InChI=1S/C17H17NO3/c1-18(11-12-6-8-14(19)9-7-12)17(20)16-10-13-4-2-3-5-15(13)21-16/h2-9,16,19H,10-11H2,1H3. The minimum atomic E-state index is -0.440. The lowest BCUT2D eigenvalue weighted by molar-refractivity contribution is -0.137. The zero-order valence-electron chi connectivity index (χ0n) is 11.8. The van der Waals surface area contributed by atoms with E-state index in [9.17, 15) is 9.90 Å². The second kappa shape index (κ2) is 5.48. The number of carbonyl (C=O) groups is 1. The van der Waals surface area contributed by atoms with Crippen molar-refractivity contribution in [3.8, 4) is 11.5 Å². The summed E-state index contributed by atoms with van der Waals surface area (Å²) in [7, 11) is 1.77. The quantitative estimate of drug-likeness (QED) is 0.940. The van der Waals surface area contributed by atoms with Crippen molar-refractivity contribution in [2.24, 2.45) is 0 Å². The number of phenols is 1. The lowest BCUT2D eigenvalue weighted by Gasteiger charge is -2.21. The number of carbonyl (C=O) groups excluding carboxylic acids is 1. The van der Waals surface area contributed by atoms with Crippen molar-refractivity contribution in [2.75, 3.05) is 7.05 Å². The summed E-state index contributed by atoms with van der Waals surface area (Å²) in [6.45, 7) is 0.495. The van der Waals surface area contributed by atoms with Crippen LogP contribution in [0.2, 0.25) is 0 Å². The van der Waals surface area contributed by atoms with E-state index in [0.717, 1.165) is 16.9 Å². The first kappa shape index (κ1) is 13.5. The number of para-hydroxylation sites is 1. The zero-order chi connectivity index (χ0) is 14.8. The van der Waals surface area contributed by atoms with Crippen LogP contribution in [0.25, 0.3) is 0 Å². The number of fused-ring (bicyclic) bond motifs is 1. The Morgan fingerprint density at radius 3 is 2.67 bits per heavy atom. The summed E-state index contributed by atoms with van der Waals surface area (Å²) in [5, 5.41) is 9.27. The largest absolute Gasteiger partial charge is 0.508 e. The average molecular weight is 283 g/mol. The average Bonchev–Trinajstić information content (AvgIpc) is 2.92. The zero-order valence-corrected chi connectivity index (χ0v) is 11.8. The minimum Gasteiger partial charge on any atom is -0.508 e. The van der Waals surface area contributed by atoms with E-state index in [-0.39, 0.29) is 11.7 Å². The number of ether oxygens (including phenoxy) is 1. The molecule has 4 nitrogen and oxygen atoms in total. The molecule has 0 aromatic heterocycles. The van der Waals surface area contributed by atoms with Gasteiger partial charge in [0, 0.05) is 20.0 Å². The molecule has 0 fully saturated rings. The predicted molar refractivity (Wildman–Crippen MR) is 79.1 cm³/mol. The summed E-state index contributed by atoms with van der Waals surface area (Å²) in [6, 6.07) is 14.6. The van der Waals surface area contributed by atoms with Gasteiger partial charge in [-0.2, -0.15) is 0 Å². The Kier molecular flexibility index (Phi) is 3.52. The smallest absolute Gasteiger partial charge is 0.264 e. The maximum atomic E-state index is 12.4. The molecule has 0 radical (unpaired) electrons. The Balaban J connectivity index is 1.65. The van der Waals surface area contributed by atoms with Gasteiger partial charge in [-0.25, -0.2) is 0 Å². The van der Waals surface area contributed by atoms with Gasteiger partial charge in [0.05, 0.1) is 0 Å². The number of aromatic hydroxyl groups is 1. The number of benzene rings is 2. The molecule has 0 saturated heterocycles. The third-order valence-corrected chi connectivity index (χ3v) is 3.65. The molecule has 1 aliphatic rings. The monoisotopic (exact) mass is 283 g/mol. The van der Waals surface area contributed by atoms with Gasteiger partial charge in [0.2, 0.25) is 0 Å². The topological polar surface area (TPSA) is 49.8 Å². The Bertz CT molecular complexity index is 626. The van der Waals surface area contributed by atoms with Gasteiger partial charge in [0.1, 0.15) is 11.5 Å². The lowest BCUT2D eigenvalue weighted by Crippen LogP contribution is -2.38. The van der Waals surface area contributed by atoms with Crippen LogP contribution in [-0.4, -0.2) is 29.1 Å². The van der Waals surface area contributed by atoms with Crippen molar-refractivity contribution >= 4 is 5.91 Å². The summed E-state index contributed by atoms with van der Waals surface area (Å²) in [6.07, 6.45) is 0.180. The van der Waals surface area contributed by atoms with Crippen LogP contribution in [0.5, 0.6) is 11.5 Å². The van der Waals surface area contributed by atoms with Crippen LogP contribution in [0.4, 0.5) is 0 Å². The highest BCUT2D eigenvalue weighted by molar-refractivity contribution is 5.82. The summed E-state index contributed by atoms with van der Waals surface area (Å²) in [5.74, 6) is 0.996. The van der Waals surface area contributed by atoms with E-state index in [1.807, 2.05) is 36.4 Å². The number of likely N-dealkylation sites (N-methyl/N-ethyl adjacent to an activating group) is 1. The fraction of sp³-hybridized carbons (Fsp3) is 0.235. The molecule has 0 saturated carbocycles.